The largest absolute Gasteiger partial charge is 0.490 e. The van der Waals surface area contributed by atoms with Gasteiger partial charge in [-0.3, -0.25) is 9.78 Å². The van der Waals surface area contributed by atoms with Crippen LogP contribution in [0.2, 0.25) is 0 Å². The Morgan fingerprint density at radius 1 is 1.08 bits per heavy atom. The molecule has 1 aromatic carbocycles. The third-order valence-corrected chi connectivity index (χ3v) is 4.90. The van der Waals surface area contributed by atoms with Crippen LogP contribution in [0.5, 0.6) is 5.75 Å². The Balaban J connectivity index is 1.54. The number of hydrazone groups is 1. The van der Waals surface area contributed by atoms with Crippen LogP contribution in [0.15, 0.2) is 53.8 Å². The van der Waals surface area contributed by atoms with Crippen molar-refractivity contribution >= 4 is 11.6 Å². The second-order valence-electron chi connectivity index (χ2n) is 6.75. The van der Waals surface area contributed by atoms with E-state index in [1.165, 1.54) is 0 Å². The molecule has 2 aliphatic rings. The summed E-state index contributed by atoms with van der Waals surface area (Å²) in [7, 11) is 0. The van der Waals surface area contributed by atoms with Crippen molar-refractivity contribution in [3.63, 3.8) is 0 Å². The number of amides is 1. The van der Waals surface area contributed by atoms with Gasteiger partial charge in [-0.15, -0.1) is 0 Å². The van der Waals surface area contributed by atoms with E-state index in [4.69, 9.17) is 4.74 Å². The smallest absolute Gasteiger partial charge is 0.241 e. The lowest BCUT2D eigenvalue weighted by Crippen LogP contribution is -2.86. The molecule has 1 saturated heterocycles. The minimum Gasteiger partial charge on any atom is -0.490 e. The molecule has 26 heavy (non-hydrogen) atoms. The number of quaternary nitrogens is 1. The highest BCUT2D eigenvalue weighted by atomic mass is 16.5. The molecule has 1 aromatic heterocycles. The predicted octanol–water partition coefficient (Wildman–Crippen LogP) is 1.19. The monoisotopic (exact) mass is 351 g/mol. The Kier molecular flexibility index (Phi) is 4.93. The van der Waals surface area contributed by atoms with Gasteiger partial charge in [0.15, 0.2) is 0 Å². The van der Waals surface area contributed by atoms with E-state index in [9.17, 15) is 4.79 Å². The molecule has 3 N–H and O–H groups in total. The lowest BCUT2D eigenvalue weighted by molar-refractivity contribution is -0.664. The first kappa shape index (κ1) is 16.7. The van der Waals surface area contributed by atoms with Crippen molar-refractivity contribution in [3.8, 4) is 5.75 Å². The van der Waals surface area contributed by atoms with Crippen molar-refractivity contribution in [3.05, 3.63) is 59.9 Å². The van der Waals surface area contributed by atoms with E-state index in [2.05, 4.69) is 20.8 Å². The second-order valence-corrected chi connectivity index (χ2v) is 6.75. The van der Waals surface area contributed by atoms with Gasteiger partial charge in [0.25, 0.3) is 0 Å². The average molecular weight is 351 g/mol. The predicted molar refractivity (Wildman–Crippen MR) is 98.0 cm³/mol. The fourth-order valence-corrected chi connectivity index (χ4v) is 3.53. The van der Waals surface area contributed by atoms with E-state index in [0.717, 1.165) is 48.6 Å². The van der Waals surface area contributed by atoms with Crippen molar-refractivity contribution in [2.24, 2.45) is 5.10 Å². The van der Waals surface area contributed by atoms with Crippen molar-refractivity contribution in [1.29, 1.82) is 0 Å². The SMILES string of the molecule is O=C1CC(c2ccccn2)C(c2ccc(OC3CC[NH2+]CC3)cc2)=NN1. The maximum atomic E-state index is 11.8. The van der Waals surface area contributed by atoms with Crippen LogP contribution in [0.25, 0.3) is 0 Å². The van der Waals surface area contributed by atoms with E-state index in [1.54, 1.807) is 6.20 Å². The highest BCUT2D eigenvalue weighted by Crippen LogP contribution is 2.27. The first-order valence-corrected chi connectivity index (χ1v) is 9.16. The number of hydrogen-bond donors (Lipinski definition) is 2. The maximum Gasteiger partial charge on any atom is 0.241 e. The van der Waals surface area contributed by atoms with Gasteiger partial charge >= 0.3 is 0 Å². The molecule has 2 aliphatic heterocycles. The molecule has 0 radical (unpaired) electrons. The molecule has 2 aromatic rings. The van der Waals surface area contributed by atoms with Gasteiger partial charge in [-0.05, 0) is 42.0 Å². The van der Waals surface area contributed by atoms with Crippen molar-refractivity contribution < 1.29 is 14.8 Å². The van der Waals surface area contributed by atoms with Gasteiger partial charge in [0.2, 0.25) is 5.91 Å². The number of carbonyl (C=O) groups excluding carboxylic acids is 1. The molecule has 0 aliphatic carbocycles. The molecular formula is C20H23N4O2+. The number of pyridine rings is 1. The van der Waals surface area contributed by atoms with Gasteiger partial charge in [-0.25, -0.2) is 5.43 Å². The molecular weight excluding hydrogens is 328 g/mol. The normalized spacial score (nSPS) is 21.0. The molecule has 6 nitrogen and oxygen atoms in total. The topological polar surface area (TPSA) is 80.2 Å². The van der Waals surface area contributed by atoms with E-state index in [1.807, 2.05) is 42.5 Å². The number of benzene rings is 1. The van der Waals surface area contributed by atoms with Gasteiger partial charge in [-0.1, -0.05) is 6.07 Å². The first-order chi connectivity index (χ1) is 12.8. The summed E-state index contributed by atoms with van der Waals surface area (Å²) in [5, 5.41) is 6.65. The van der Waals surface area contributed by atoms with Gasteiger partial charge < -0.3 is 10.1 Å². The number of hydrogen-bond acceptors (Lipinski definition) is 4. The van der Waals surface area contributed by atoms with Crippen molar-refractivity contribution in [1.82, 2.24) is 10.4 Å². The van der Waals surface area contributed by atoms with Crippen LogP contribution in [0.3, 0.4) is 0 Å². The molecule has 0 bridgehead atoms. The molecule has 1 fully saturated rings. The second kappa shape index (κ2) is 7.66. The molecule has 0 spiro atoms. The zero-order chi connectivity index (χ0) is 17.8. The van der Waals surface area contributed by atoms with Gasteiger partial charge in [-0.2, -0.15) is 5.10 Å². The third-order valence-electron chi connectivity index (χ3n) is 4.90. The number of carbonyl (C=O) groups is 1. The zero-order valence-electron chi connectivity index (χ0n) is 14.6. The molecule has 3 heterocycles. The maximum absolute atomic E-state index is 11.8. The van der Waals surface area contributed by atoms with Gasteiger partial charge in [0.1, 0.15) is 11.9 Å². The Bertz CT molecular complexity index is 783. The zero-order valence-corrected chi connectivity index (χ0v) is 14.6. The summed E-state index contributed by atoms with van der Waals surface area (Å²) in [6, 6.07) is 13.7. The van der Waals surface area contributed by atoms with Gasteiger partial charge in [0.05, 0.1) is 24.7 Å². The van der Waals surface area contributed by atoms with E-state index >= 15 is 0 Å². The van der Waals surface area contributed by atoms with Crippen LogP contribution in [-0.2, 0) is 4.79 Å². The average Bonchev–Trinajstić information content (AvgIpc) is 2.70. The van der Waals surface area contributed by atoms with Crippen LogP contribution in [-0.4, -0.2) is 35.8 Å². The summed E-state index contributed by atoms with van der Waals surface area (Å²) in [5.74, 6) is 0.666. The molecule has 0 saturated carbocycles. The van der Waals surface area contributed by atoms with Crippen LogP contribution in [0, 0.1) is 0 Å². The fourth-order valence-electron chi connectivity index (χ4n) is 3.53. The van der Waals surface area contributed by atoms with Crippen LogP contribution in [0.4, 0.5) is 0 Å². The Morgan fingerprint density at radius 3 is 2.62 bits per heavy atom. The summed E-state index contributed by atoms with van der Waals surface area (Å²) in [6.45, 7) is 2.26. The molecule has 134 valence electrons. The van der Waals surface area contributed by atoms with Gasteiger partial charge in [0, 0.05) is 31.2 Å². The lowest BCUT2D eigenvalue weighted by atomic mass is 9.89. The summed E-state index contributed by atoms with van der Waals surface area (Å²) in [4.78, 5) is 16.2. The molecule has 1 unspecified atom stereocenters. The summed E-state index contributed by atoms with van der Waals surface area (Å²) >= 11 is 0. The minimum atomic E-state index is -0.134. The number of ether oxygens (including phenoxy) is 1. The molecule has 4 rings (SSSR count). The Labute approximate surface area is 152 Å². The minimum absolute atomic E-state index is 0.0848. The Hall–Kier alpha value is -2.73. The highest BCUT2D eigenvalue weighted by molar-refractivity contribution is 6.08. The van der Waals surface area contributed by atoms with Crippen molar-refractivity contribution in [2.75, 3.05) is 13.1 Å². The number of rotatable bonds is 4. The number of nitrogens with zero attached hydrogens (tertiary/aromatic N) is 2. The fraction of sp³-hybridized carbons (Fsp3) is 0.350. The van der Waals surface area contributed by atoms with Crippen molar-refractivity contribution in [2.45, 2.75) is 31.3 Å². The summed E-state index contributed by atoms with van der Waals surface area (Å²) in [5.41, 5.74) is 5.27. The standard InChI is InChI=1S/C20H22N4O2/c25-19-13-17(18-3-1-2-10-22-18)20(24-23-19)14-4-6-15(7-5-14)26-16-8-11-21-12-9-16/h1-7,10,16-17,21H,8-9,11-13H2,(H,23,25)/p+1. The Morgan fingerprint density at radius 2 is 1.88 bits per heavy atom. The summed E-state index contributed by atoms with van der Waals surface area (Å²) < 4.78 is 6.08. The number of nitrogens with one attached hydrogen (secondary N) is 1. The molecule has 6 heteroatoms. The lowest BCUT2D eigenvalue weighted by Gasteiger charge is -2.24. The number of nitrogens with two attached hydrogens (primary N) is 1. The number of aromatic nitrogens is 1. The quantitative estimate of drug-likeness (QED) is 0.868. The molecule has 1 atom stereocenters. The first-order valence-electron chi connectivity index (χ1n) is 9.16. The van der Waals surface area contributed by atoms with Crippen LogP contribution >= 0.6 is 0 Å². The highest BCUT2D eigenvalue weighted by Gasteiger charge is 2.28. The van der Waals surface area contributed by atoms with E-state index < -0.39 is 0 Å². The third kappa shape index (κ3) is 3.75. The molecule has 1 amide bonds. The van der Waals surface area contributed by atoms with E-state index in [0.29, 0.717) is 12.5 Å². The van der Waals surface area contributed by atoms with Crippen LogP contribution < -0.4 is 15.5 Å². The van der Waals surface area contributed by atoms with E-state index in [-0.39, 0.29) is 11.8 Å². The summed E-state index contributed by atoms with van der Waals surface area (Å²) in [6.07, 6.45) is 4.58. The van der Waals surface area contributed by atoms with Crippen LogP contribution in [0.1, 0.15) is 36.4 Å². The number of piperidine rings is 1.